The van der Waals surface area contributed by atoms with E-state index in [1.54, 1.807) is 12.5 Å². The highest BCUT2D eigenvalue weighted by Crippen LogP contribution is 2.27. The predicted molar refractivity (Wildman–Crippen MR) is 67.7 cm³/mol. The molecule has 0 aromatic heterocycles. The van der Waals surface area contributed by atoms with Gasteiger partial charge in [-0.2, -0.15) is 0 Å². The van der Waals surface area contributed by atoms with Crippen molar-refractivity contribution in [1.82, 2.24) is 0 Å². The Hall–Kier alpha value is -1.37. The van der Waals surface area contributed by atoms with Crippen LogP contribution in [-0.2, 0) is 6.42 Å². The maximum absolute atomic E-state index is 11.3. The standard InChI is InChI=1S/C15H18O/c1-3-4-12-5-6-15-10-13(11(2)16)7-8-14(15)9-12/h7-10H,3-6H2,1-2H3. The average molecular weight is 214 g/mol. The summed E-state index contributed by atoms with van der Waals surface area (Å²) in [6.07, 6.45) is 6.96. The van der Waals surface area contributed by atoms with Crippen LogP contribution in [0.15, 0.2) is 23.8 Å². The Morgan fingerprint density at radius 2 is 2.12 bits per heavy atom. The molecule has 1 heteroatoms. The molecular weight excluding hydrogens is 196 g/mol. The van der Waals surface area contributed by atoms with Gasteiger partial charge in [-0.25, -0.2) is 0 Å². The third-order valence-corrected chi connectivity index (χ3v) is 3.20. The van der Waals surface area contributed by atoms with E-state index in [9.17, 15) is 4.79 Å². The van der Waals surface area contributed by atoms with Crippen molar-refractivity contribution in [3.05, 3.63) is 40.5 Å². The van der Waals surface area contributed by atoms with Crippen LogP contribution in [0.1, 0.15) is 54.6 Å². The van der Waals surface area contributed by atoms with Gasteiger partial charge >= 0.3 is 0 Å². The minimum absolute atomic E-state index is 0.158. The summed E-state index contributed by atoms with van der Waals surface area (Å²) in [6.45, 7) is 3.85. The van der Waals surface area contributed by atoms with E-state index >= 15 is 0 Å². The van der Waals surface area contributed by atoms with E-state index in [0.717, 1.165) is 18.4 Å². The van der Waals surface area contributed by atoms with E-state index < -0.39 is 0 Å². The summed E-state index contributed by atoms with van der Waals surface area (Å²) in [7, 11) is 0. The van der Waals surface area contributed by atoms with Crippen LogP contribution in [0.3, 0.4) is 0 Å². The predicted octanol–water partition coefficient (Wildman–Crippen LogP) is 4.02. The lowest BCUT2D eigenvalue weighted by Gasteiger charge is -2.16. The third kappa shape index (κ3) is 2.24. The van der Waals surface area contributed by atoms with Crippen LogP contribution >= 0.6 is 0 Å². The van der Waals surface area contributed by atoms with Crippen molar-refractivity contribution in [2.75, 3.05) is 0 Å². The molecule has 0 spiro atoms. The number of benzene rings is 1. The summed E-state index contributed by atoms with van der Waals surface area (Å²) in [5.74, 6) is 0.158. The number of hydrogen-bond donors (Lipinski definition) is 0. The van der Waals surface area contributed by atoms with Crippen molar-refractivity contribution in [2.45, 2.75) is 39.5 Å². The van der Waals surface area contributed by atoms with Gasteiger partial charge in [-0.15, -0.1) is 0 Å². The molecule has 0 saturated carbocycles. The number of carbonyl (C=O) groups is 1. The minimum Gasteiger partial charge on any atom is -0.295 e. The molecule has 84 valence electrons. The van der Waals surface area contributed by atoms with E-state index in [2.05, 4.69) is 25.1 Å². The van der Waals surface area contributed by atoms with Gasteiger partial charge in [0.2, 0.25) is 0 Å². The van der Waals surface area contributed by atoms with Crippen LogP contribution in [0.25, 0.3) is 6.08 Å². The van der Waals surface area contributed by atoms with E-state index in [0.29, 0.717) is 0 Å². The zero-order chi connectivity index (χ0) is 11.5. The molecule has 0 heterocycles. The van der Waals surface area contributed by atoms with Gasteiger partial charge in [-0.1, -0.05) is 37.1 Å². The van der Waals surface area contributed by atoms with Gasteiger partial charge in [0.1, 0.15) is 0 Å². The highest BCUT2D eigenvalue weighted by Gasteiger charge is 2.11. The van der Waals surface area contributed by atoms with Gasteiger partial charge < -0.3 is 0 Å². The first kappa shape index (κ1) is 11.1. The molecule has 0 atom stereocenters. The number of rotatable bonds is 3. The van der Waals surface area contributed by atoms with E-state index in [1.807, 2.05) is 6.07 Å². The lowest BCUT2D eigenvalue weighted by atomic mass is 9.89. The van der Waals surface area contributed by atoms with Gasteiger partial charge in [-0.05, 0) is 43.4 Å². The summed E-state index contributed by atoms with van der Waals surface area (Å²) in [4.78, 5) is 11.3. The Labute approximate surface area is 97.2 Å². The van der Waals surface area contributed by atoms with E-state index in [1.165, 1.54) is 24.0 Å². The van der Waals surface area contributed by atoms with E-state index in [4.69, 9.17) is 0 Å². The molecule has 2 rings (SSSR count). The zero-order valence-electron chi connectivity index (χ0n) is 10.0. The fraction of sp³-hybridized carbons (Fsp3) is 0.400. The molecule has 0 N–H and O–H groups in total. The number of aryl methyl sites for hydroxylation is 1. The van der Waals surface area contributed by atoms with Crippen LogP contribution in [0.5, 0.6) is 0 Å². The summed E-state index contributed by atoms with van der Waals surface area (Å²) < 4.78 is 0. The molecule has 1 nitrogen and oxygen atoms in total. The molecule has 0 saturated heterocycles. The molecule has 1 aliphatic carbocycles. The molecule has 0 fully saturated rings. The Balaban J connectivity index is 2.32. The van der Waals surface area contributed by atoms with Crippen molar-refractivity contribution in [2.24, 2.45) is 0 Å². The summed E-state index contributed by atoms with van der Waals surface area (Å²) in [5, 5.41) is 0. The molecule has 1 aromatic carbocycles. The van der Waals surface area contributed by atoms with Gasteiger partial charge in [0.05, 0.1) is 0 Å². The second kappa shape index (κ2) is 4.65. The quantitative estimate of drug-likeness (QED) is 0.694. The second-order valence-electron chi connectivity index (χ2n) is 4.52. The molecule has 1 aromatic rings. The summed E-state index contributed by atoms with van der Waals surface area (Å²) in [6, 6.07) is 6.07. The number of fused-ring (bicyclic) bond motifs is 1. The zero-order valence-corrected chi connectivity index (χ0v) is 10.0. The van der Waals surface area contributed by atoms with Crippen LogP contribution in [0.2, 0.25) is 0 Å². The SMILES string of the molecule is CCCC1=Cc2ccc(C(C)=O)cc2CC1. The number of Topliss-reactive ketones (excluding diaryl/α,β-unsaturated/α-hetero) is 1. The molecule has 16 heavy (non-hydrogen) atoms. The molecule has 1 aliphatic rings. The summed E-state index contributed by atoms with van der Waals surface area (Å²) in [5.41, 5.74) is 5.02. The first-order valence-electron chi connectivity index (χ1n) is 6.04. The smallest absolute Gasteiger partial charge is 0.159 e. The topological polar surface area (TPSA) is 17.1 Å². The lowest BCUT2D eigenvalue weighted by Crippen LogP contribution is -2.02. The molecule has 0 radical (unpaired) electrons. The van der Waals surface area contributed by atoms with Gasteiger partial charge in [0, 0.05) is 5.56 Å². The van der Waals surface area contributed by atoms with Crippen LogP contribution in [0, 0.1) is 0 Å². The fourth-order valence-electron chi connectivity index (χ4n) is 2.29. The Kier molecular flexibility index (Phi) is 3.23. The lowest BCUT2D eigenvalue weighted by molar-refractivity contribution is 0.101. The molecule has 0 amide bonds. The van der Waals surface area contributed by atoms with Crippen molar-refractivity contribution in [1.29, 1.82) is 0 Å². The first-order valence-corrected chi connectivity index (χ1v) is 6.04. The monoisotopic (exact) mass is 214 g/mol. The first-order chi connectivity index (χ1) is 7.70. The number of ketones is 1. The normalized spacial score (nSPS) is 14.2. The second-order valence-corrected chi connectivity index (χ2v) is 4.52. The Morgan fingerprint density at radius 3 is 2.81 bits per heavy atom. The van der Waals surface area contributed by atoms with Crippen molar-refractivity contribution < 1.29 is 4.79 Å². The van der Waals surface area contributed by atoms with Gasteiger partial charge in [-0.3, -0.25) is 4.79 Å². The molecule has 0 unspecified atom stereocenters. The van der Waals surface area contributed by atoms with Crippen molar-refractivity contribution in [3.63, 3.8) is 0 Å². The van der Waals surface area contributed by atoms with Crippen molar-refractivity contribution >= 4 is 11.9 Å². The average Bonchev–Trinajstić information content (AvgIpc) is 2.28. The minimum atomic E-state index is 0.158. The largest absolute Gasteiger partial charge is 0.295 e. The van der Waals surface area contributed by atoms with Gasteiger partial charge in [0.15, 0.2) is 5.78 Å². The fourth-order valence-corrected chi connectivity index (χ4v) is 2.29. The highest BCUT2D eigenvalue weighted by molar-refractivity contribution is 5.94. The van der Waals surface area contributed by atoms with Crippen LogP contribution < -0.4 is 0 Å². The number of allylic oxidation sites excluding steroid dienone is 1. The molecular formula is C15H18O. The third-order valence-electron chi connectivity index (χ3n) is 3.20. The molecule has 0 bridgehead atoms. The van der Waals surface area contributed by atoms with Crippen LogP contribution in [-0.4, -0.2) is 5.78 Å². The Morgan fingerprint density at radius 1 is 1.31 bits per heavy atom. The number of hydrogen-bond acceptors (Lipinski definition) is 1. The highest BCUT2D eigenvalue weighted by atomic mass is 16.1. The maximum Gasteiger partial charge on any atom is 0.159 e. The summed E-state index contributed by atoms with van der Waals surface area (Å²) >= 11 is 0. The van der Waals surface area contributed by atoms with Crippen LogP contribution in [0.4, 0.5) is 0 Å². The maximum atomic E-state index is 11.3. The molecule has 0 aliphatic heterocycles. The van der Waals surface area contributed by atoms with Crippen molar-refractivity contribution in [3.8, 4) is 0 Å². The Bertz CT molecular complexity index is 441. The van der Waals surface area contributed by atoms with E-state index in [-0.39, 0.29) is 5.78 Å². The van der Waals surface area contributed by atoms with Gasteiger partial charge in [0.25, 0.3) is 0 Å². The number of carbonyl (C=O) groups excluding carboxylic acids is 1.